The van der Waals surface area contributed by atoms with Crippen molar-refractivity contribution in [2.75, 3.05) is 5.32 Å². The predicted octanol–water partition coefficient (Wildman–Crippen LogP) is 3.97. The van der Waals surface area contributed by atoms with Crippen LogP contribution in [0.4, 0.5) is 10.1 Å². The minimum Gasteiger partial charge on any atom is -0.505 e. The molecule has 1 heterocycles. The maximum absolute atomic E-state index is 13.0. The summed E-state index contributed by atoms with van der Waals surface area (Å²) in [4.78, 5) is 1.15. The van der Waals surface area contributed by atoms with Gasteiger partial charge in [0.05, 0.1) is 0 Å². The van der Waals surface area contributed by atoms with Gasteiger partial charge in [0.15, 0.2) is 11.6 Å². The third-order valence-electron chi connectivity index (χ3n) is 2.04. The standard InChI is InChI=1S/C11H9BrFNOS/c12-7-3-9(16-6-7)5-14-8-1-2-11(15)10(13)4-8/h1-4,6,14-15H,5H2. The third kappa shape index (κ3) is 2.74. The van der Waals surface area contributed by atoms with Gasteiger partial charge in [-0.15, -0.1) is 11.3 Å². The third-order valence-corrected chi connectivity index (χ3v) is 3.73. The predicted molar refractivity (Wildman–Crippen MR) is 67.4 cm³/mol. The van der Waals surface area contributed by atoms with Gasteiger partial charge in [-0.25, -0.2) is 4.39 Å². The molecule has 5 heteroatoms. The Morgan fingerprint density at radius 1 is 1.38 bits per heavy atom. The smallest absolute Gasteiger partial charge is 0.166 e. The fraction of sp³-hybridized carbons (Fsp3) is 0.0909. The summed E-state index contributed by atoms with van der Waals surface area (Å²) in [5.41, 5.74) is 0.653. The SMILES string of the molecule is Oc1ccc(NCc2cc(Br)cs2)cc1F. The van der Waals surface area contributed by atoms with Crippen LogP contribution in [0.25, 0.3) is 0 Å². The lowest BCUT2D eigenvalue weighted by atomic mass is 10.3. The Labute approximate surface area is 105 Å². The molecule has 1 aromatic carbocycles. The molecule has 2 N–H and O–H groups in total. The monoisotopic (exact) mass is 301 g/mol. The van der Waals surface area contributed by atoms with Crippen molar-refractivity contribution >= 4 is 33.0 Å². The van der Waals surface area contributed by atoms with Crippen LogP contribution in [0, 0.1) is 5.82 Å². The number of hydrogen-bond acceptors (Lipinski definition) is 3. The van der Waals surface area contributed by atoms with Crippen molar-refractivity contribution < 1.29 is 9.50 Å². The molecular weight excluding hydrogens is 293 g/mol. The lowest BCUT2D eigenvalue weighted by molar-refractivity contribution is 0.432. The van der Waals surface area contributed by atoms with Crippen molar-refractivity contribution in [1.29, 1.82) is 0 Å². The van der Waals surface area contributed by atoms with E-state index < -0.39 is 5.82 Å². The fourth-order valence-corrected chi connectivity index (χ4v) is 2.64. The Kier molecular flexibility index (Phi) is 3.46. The highest BCUT2D eigenvalue weighted by Crippen LogP contribution is 2.23. The Bertz CT molecular complexity index is 500. The van der Waals surface area contributed by atoms with Crippen molar-refractivity contribution in [3.63, 3.8) is 0 Å². The van der Waals surface area contributed by atoms with Gasteiger partial charge in [0, 0.05) is 33.0 Å². The van der Waals surface area contributed by atoms with Gasteiger partial charge in [0.1, 0.15) is 0 Å². The van der Waals surface area contributed by atoms with Gasteiger partial charge in [0.2, 0.25) is 0 Å². The van der Waals surface area contributed by atoms with Gasteiger partial charge < -0.3 is 10.4 Å². The zero-order valence-corrected chi connectivity index (χ0v) is 10.6. The first-order chi connectivity index (χ1) is 7.65. The summed E-state index contributed by atoms with van der Waals surface area (Å²) in [6, 6.07) is 6.26. The summed E-state index contributed by atoms with van der Waals surface area (Å²) in [6.07, 6.45) is 0. The molecule has 16 heavy (non-hydrogen) atoms. The first-order valence-electron chi connectivity index (χ1n) is 4.60. The highest BCUT2D eigenvalue weighted by molar-refractivity contribution is 9.10. The van der Waals surface area contributed by atoms with E-state index in [4.69, 9.17) is 5.11 Å². The molecule has 0 amide bonds. The van der Waals surface area contributed by atoms with E-state index in [-0.39, 0.29) is 5.75 Å². The number of nitrogens with one attached hydrogen (secondary N) is 1. The normalized spacial score (nSPS) is 10.4. The maximum atomic E-state index is 13.0. The van der Waals surface area contributed by atoms with Crippen LogP contribution in [0.3, 0.4) is 0 Å². The van der Waals surface area contributed by atoms with E-state index in [1.54, 1.807) is 17.4 Å². The van der Waals surface area contributed by atoms with Crippen molar-refractivity contribution in [2.45, 2.75) is 6.54 Å². The van der Waals surface area contributed by atoms with Gasteiger partial charge in [-0.1, -0.05) is 0 Å². The average Bonchev–Trinajstić information content (AvgIpc) is 2.66. The molecule has 1 aromatic heterocycles. The lowest BCUT2D eigenvalue weighted by Gasteiger charge is -2.05. The molecule has 0 fully saturated rings. The summed E-state index contributed by atoms with van der Waals surface area (Å²) in [7, 11) is 0. The molecule has 2 aromatic rings. The number of benzene rings is 1. The molecule has 0 aliphatic heterocycles. The second kappa shape index (κ2) is 4.84. The molecule has 0 spiro atoms. The number of thiophene rings is 1. The van der Waals surface area contributed by atoms with Crippen LogP contribution in [-0.4, -0.2) is 5.11 Å². The van der Waals surface area contributed by atoms with Gasteiger partial charge >= 0.3 is 0 Å². The van der Waals surface area contributed by atoms with Crippen LogP contribution in [0.2, 0.25) is 0 Å². The van der Waals surface area contributed by atoms with E-state index in [9.17, 15) is 4.39 Å². The Morgan fingerprint density at radius 3 is 2.81 bits per heavy atom. The highest BCUT2D eigenvalue weighted by Gasteiger charge is 2.02. The quantitative estimate of drug-likeness (QED) is 0.841. The van der Waals surface area contributed by atoms with Crippen LogP contribution in [-0.2, 0) is 6.54 Å². The highest BCUT2D eigenvalue weighted by atomic mass is 79.9. The summed E-state index contributed by atoms with van der Waals surface area (Å²) in [5, 5.41) is 14.1. The van der Waals surface area contributed by atoms with E-state index in [1.807, 2.05) is 11.4 Å². The molecule has 84 valence electrons. The first-order valence-corrected chi connectivity index (χ1v) is 6.28. The minimum atomic E-state index is -0.614. The van der Waals surface area contributed by atoms with Gasteiger partial charge in [0.25, 0.3) is 0 Å². The second-order valence-electron chi connectivity index (χ2n) is 3.25. The summed E-state index contributed by atoms with van der Waals surface area (Å²) >= 11 is 4.99. The lowest BCUT2D eigenvalue weighted by Crippen LogP contribution is -1.97. The zero-order valence-electron chi connectivity index (χ0n) is 8.21. The second-order valence-corrected chi connectivity index (χ2v) is 5.16. The van der Waals surface area contributed by atoms with Gasteiger partial charge in [-0.3, -0.25) is 0 Å². The van der Waals surface area contributed by atoms with Gasteiger partial charge in [-0.05, 0) is 34.1 Å². The molecule has 0 atom stereocenters. The van der Waals surface area contributed by atoms with Crippen molar-refractivity contribution in [3.05, 3.63) is 44.8 Å². The number of anilines is 1. The van der Waals surface area contributed by atoms with E-state index in [1.165, 1.54) is 12.1 Å². The average molecular weight is 302 g/mol. The van der Waals surface area contributed by atoms with Crippen molar-refractivity contribution in [1.82, 2.24) is 0 Å². The van der Waals surface area contributed by atoms with E-state index in [2.05, 4.69) is 21.2 Å². The number of phenols is 1. The summed E-state index contributed by atoms with van der Waals surface area (Å²) < 4.78 is 14.1. The van der Waals surface area contributed by atoms with E-state index >= 15 is 0 Å². The van der Waals surface area contributed by atoms with Crippen LogP contribution >= 0.6 is 27.3 Å². The molecule has 2 nitrogen and oxygen atoms in total. The molecular formula is C11H9BrFNOS. The van der Waals surface area contributed by atoms with Crippen LogP contribution in [0.1, 0.15) is 4.88 Å². The van der Waals surface area contributed by atoms with Crippen LogP contribution < -0.4 is 5.32 Å². The number of rotatable bonds is 3. The largest absolute Gasteiger partial charge is 0.505 e. The molecule has 0 unspecified atom stereocenters. The van der Waals surface area contributed by atoms with Gasteiger partial charge in [-0.2, -0.15) is 0 Å². The van der Waals surface area contributed by atoms with E-state index in [0.29, 0.717) is 12.2 Å². The minimum absolute atomic E-state index is 0.329. The summed E-state index contributed by atoms with van der Waals surface area (Å²) in [6.45, 7) is 0.639. The number of aromatic hydroxyl groups is 1. The van der Waals surface area contributed by atoms with Crippen molar-refractivity contribution in [2.24, 2.45) is 0 Å². The Hall–Kier alpha value is -1.07. The fourth-order valence-electron chi connectivity index (χ4n) is 1.25. The number of halogens is 2. The Balaban J connectivity index is 2.02. The number of phenolic OH excluding ortho intramolecular Hbond substituents is 1. The number of hydrogen-bond donors (Lipinski definition) is 2. The molecule has 2 rings (SSSR count). The molecule has 0 radical (unpaired) electrons. The summed E-state index contributed by atoms with van der Waals surface area (Å²) in [5.74, 6) is -0.943. The van der Waals surface area contributed by atoms with Crippen molar-refractivity contribution in [3.8, 4) is 5.75 Å². The Morgan fingerprint density at radius 2 is 2.19 bits per heavy atom. The van der Waals surface area contributed by atoms with E-state index in [0.717, 1.165) is 9.35 Å². The maximum Gasteiger partial charge on any atom is 0.166 e. The molecule has 0 saturated carbocycles. The van der Waals surface area contributed by atoms with Crippen LogP contribution in [0.5, 0.6) is 5.75 Å². The topological polar surface area (TPSA) is 32.3 Å². The first kappa shape index (κ1) is 11.4. The molecule has 0 bridgehead atoms. The van der Waals surface area contributed by atoms with Crippen LogP contribution in [0.15, 0.2) is 34.1 Å². The molecule has 0 saturated heterocycles. The molecule has 0 aliphatic carbocycles. The zero-order chi connectivity index (χ0) is 11.5. The molecule has 0 aliphatic rings.